The molecule has 0 aliphatic carbocycles. The minimum absolute atomic E-state index is 0.321. The molecule has 94 valence electrons. The maximum Gasteiger partial charge on any atom is 0.250 e. The molecule has 0 bridgehead atoms. The molecule has 4 nitrogen and oxygen atoms in total. The highest BCUT2D eigenvalue weighted by Gasteiger charge is 2.07. The Labute approximate surface area is 114 Å². The summed E-state index contributed by atoms with van der Waals surface area (Å²) in [6.45, 7) is 2.62. The topological polar surface area (TPSA) is 68.0 Å². The van der Waals surface area contributed by atoms with Crippen molar-refractivity contribution >= 4 is 34.5 Å². The van der Waals surface area contributed by atoms with Crippen LogP contribution in [0.5, 0.6) is 0 Å². The minimum Gasteiger partial charge on any atom is -0.380 e. The second-order valence-electron chi connectivity index (χ2n) is 3.76. The summed E-state index contributed by atoms with van der Waals surface area (Å²) in [4.78, 5) is 16.5. The number of carbonyl (C=O) groups excluding carboxylic acids is 1. The van der Waals surface area contributed by atoms with Crippen LogP contribution in [0.4, 0.5) is 5.69 Å². The lowest BCUT2D eigenvalue weighted by Gasteiger charge is -2.07. The minimum atomic E-state index is -0.530. The number of carbonyl (C=O) groups is 1. The zero-order chi connectivity index (χ0) is 13.1. The third-order valence-electron chi connectivity index (χ3n) is 2.37. The predicted octanol–water partition coefficient (Wildman–Crippen LogP) is 2.82. The van der Waals surface area contributed by atoms with Crippen LogP contribution in [0.1, 0.15) is 20.2 Å². The molecule has 0 radical (unpaired) electrons. The molecule has 2 rings (SSSR count). The van der Waals surface area contributed by atoms with Gasteiger partial charge < -0.3 is 11.1 Å². The standard InChI is InChI=1S/C12H12ClN3OS/c1-7-15-5-9(18-7)6-16-8-2-3-11(13)10(4-8)12(14)17/h2-5,16H,6H2,1H3,(H2,14,17). The summed E-state index contributed by atoms with van der Waals surface area (Å²) in [5, 5.41) is 4.59. The number of rotatable bonds is 4. The summed E-state index contributed by atoms with van der Waals surface area (Å²) in [6, 6.07) is 5.11. The van der Waals surface area contributed by atoms with Crippen molar-refractivity contribution in [3.05, 3.63) is 44.9 Å². The van der Waals surface area contributed by atoms with E-state index in [0.717, 1.165) is 15.6 Å². The highest BCUT2D eigenvalue weighted by atomic mass is 35.5. The number of anilines is 1. The van der Waals surface area contributed by atoms with Crippen LogP contribution in [-0.2, 0) is 6.54 Å². The Morgan fingerprint density at radius 1 is 1.56 bits per heavy atom. The van der Waals surface area contributed by atoms with Gasteiger partial charge in [0.2, 0.25) is 5.91 Å². The zero-order valence-corrected chi connectivity index (χ0v) is 11.3. The molecule has 0 spiro atoms. The van der Waals surface area contributed by atoms with E-state index < -0.39 is 5.91 Å². The third-order valence-corrected chi connectivity index (χ3v) is 3.61. The number of nitrogens with two attached hydrogens (primary N) is 1. The predicted molar refractivity (Wildman–Crippen MR) is 74.1 cm³/mol. The van der Waals surface area contributed by atoms with Gasteiger partial charge in [-0.1, -0.05) is 11.6 Å². The van der Waals surface area contributed by atoms with E-state index in [1.165, 1.54) is 0 Å². The van der Waals surface area contributed by atoms with E-state index in [1.807, 2.05) is 19.2 Å². The molecule has 0 atom stereocenters. The quantitative estimate of drug-likeness (QED) is 0.905. The van der Waals surface area contributed by atoms with Gasteiger partial charge in [-0.05, 0) is 25.1 Å². The average molecular weight is 282 g/mol. The molecule has 0 aliphatic heterocycles. The molecule has 3 N–H and O–H groups in total. The van der Waals surface area contributed by atoms with E-state index in [1.54, 1.807) is 23.5 Å². The number of aryl methyl sites for hydroxylation is 1. The smallest absolute Gasteiger partial charge is 0.250 e. The Balaban J connectivity index is 2.10. The molecule has 0 fully saturated rings. The average Bonchev–Trinajstić information content (AvgIpc) is 2.74. The highest BCUT2D eigenvalue weighted by Crippen LogP contribution is 2.21. The summed E-state index contributed by atoms with van der Waals surface area (Å²) in [6.07, 6.45) is 1.83. The SMILES string of the molecule is Cc1ncc(CNc2ccc(Cl)c(C(N)=O)c2)s1. The molecule has 1 amide bonds. The van der Waals surface area contributed by atoms with Crippen LogP contribution in [-0.4, -0.2) is 10.9 Å². The lowest BCUT2D eigenvalue weighted by molar-refractivity contribution is 0.100. The number of nitrogens with zero attached hydrogens (tertiary/aromatic N) is 1. The second kappa shape index (κ2) is 5.37. The van der Waals surface area contributed by atoms with Crippen LogP contribution in [0.25, 0.3) is 0 Å². The lowest BCUT2D eigenvalue weighted by Crippen LogP contribution is -2.12. The first-order chi connectivity index (χ1) is 8.56. The molecule has 0 aliphatic rings. The lowest BCUT2D eigenvalue weighted by atomic mass is 10.2. The summed E-state index contributed by atoms with van der Waals surface area (Å²) >= 11 is 7.50. The van der Waals surface area contributed by atoms with Crippen molar-refractivity contribution in [2.45, 2.75) is 13.5 Å². The number of aromatic nitrogens is 1. The Morgan fingerprint density at radius 3 is 2.94 bits per heavy atom. The first-order valence-electron chi connectivity index (χ1n) is 5.31. The van der Waals surface area contributed by atoms with E-state index in [0.29, 0.717) is 17.1 Å². The van der Waals surface area contributed by atoms with Crippen molar-refractivity contribution < 1.29 is 4.79 Å². The van der Waals surface area contributed by atoms with Crippen LogP contribution < -0.4 is 11.1 Å². The first kappa shape index (κ1) is 12.9. The van der Waals surface area contributed by atoms with E-state index in [4.69, 9.17) is 17.3 Å². The largest absolute Gasteiger partial charge is 0.380 e. The number of halogens is 1. The van der Waals surface area contributed by atoms with Gasteiger partial charge in [0.15, 0.2) is 0 Å². The van der Waals surface area contributed by atoms with Gasteiger partial charge in [-0.25, -0.2) is 4.98 Å². The number of nitrogens with one attached hydrogen (secondary N) is 1. The normalized spacial score (nSPS) is 10.3. The molecular weight excluding hydrogens is 270 g/mol. The molecule has 0 saturated carbocycles. The van der Waals surface area contributed by atoms with Crippen LogP contribution in [0.3, 0.4) is 0 Å². The monoisotopic (exact) mass is 281 g/mol. The van der Waals surface area contributed by atoms with Gasteiger partial charge in [-0.3, -0.25) is 4.79 Å². The van der Waals surface area contributed by atoms with Gasteiger partial charge in [0.05, 0.1) is 22.1 Å². The van der Waals surface area contributed by atoms with E-state index in [-0.39, 0.29) is 0 Å². The maximum atomic E-state index is 11.2. The van der Waals surface area contributed by atoms with Gasteiger partial charge >= 0.3 is 0 Å². The van der Waals surface area contributed by atoms with Crippen LogP contribution in [0.2, 0.25) is 5.02 Å². The fourth-order valence-electron chi connectivity index (χ4n) is 1.50. The molecular formula is C12H12ClN3OS. The molecule has 0 saturated heterocycles. The summed E-state index contributed by atoms with van der Waals surface area (Å²) in [7, 11) is 0. The molecule has 1 heterocycles. The van der Waals surface area contributed by atoms with Crippen LogP contribution in [0.15, 0.2) is 24.4 Å². The van der Waals surface area contributed by atoms with Gasteiger partial charge in [0, 0.05) is 16.8 Å². The number of thiazole rings is 1. The summed E-state index contributed by atoms with van der Waals surface area (Å²) in [5.74, 6) is -0.530. The Morgan fingerprint density at radius 2 is 2.33 bits per heavy atom. The number of hydrogen-bond acceptors (Lipinski definition) is 4. The van der Waals surface area contributed by atoms with Gasteiger partial charge in [0.25, 0.3) is 0 Å². The van der Waals surface area contributed by atoms with E-state index in [9.17, 15) is 4.79 Å². The molecule has 1 aromatic carbocycles. The van der Waals surface area contributed by atoms with Crippen molar-refractivity contribution in [2.24, 2.45) is 5.73 Å². The fraction of sp³-hybridized carbons (Fsp3) is 0.167. The number of amides is 1. The summed E-state index contributed by atoms with van der Waals surface area (Å²) in [5.41, 5.74) is 6.36. The number of benzene rings is 1. The Hall–Kier alpha value is -1.59. The summed E-state index contributed by atoms with van der Waals surface area (Å²) < 4.78 is 0. The van der Waals surface area contributed by atoms with Crippen molar-refractivity contribution in [1.29, 1.82) is 0 Å². The third kappa shape index (κ3) is 3.00. The molecule has 0 unspecified atom stereocenters. The van der Waals surface area contributed by atoms with Crippen LogP contribution in [0, 0.1) is 6.92 Å². The molecule has 1 aromatic heterocycles. The van der Waals surface area contributed by atoms with Gasteiger partial charge in [-0.15, -0.1) is 11.3 Å². The van der Waals surface area contributed by atoms with Crippen LogP contribution >= 0.6 is 22.9 Å². The number of primary amides is 1. The molecule has 18 heavy (non-hydrogen) atoms. The second-order valence-corrected chi connectivity index (χ2v) is 5.48. The fourth-order valence-corrected chi connectivity index (χ4v) is 2.45. The first-order valence-corrected chi connectivity index (χ1v) is 6.50. The Kier molecular flexibility index (Phi) is 3.84. The molecule has 2 aromatic rings. The number of hydrogen-bond donors (Lipinski definition) is 2. The Bertz CT molecular complexity index is 582. The van der Waals surface area contributed by atoms with E-state index >= 15 is 0 Å². The van der Waals surface area contributed by atoms with Gasteiger partial charge in [0.1, 0.15) is 0 Å². The van der Waals surface area contributed by atoms with Crippen molar-refractivity contribution in [3.63, 3.8) is 0 Å². The molecule has 6 heteroatoms. The maximum absolute atomic E-state index is 11.2. The van der Waals surface area contributed by atoms with Crippen molar-refractivity contribution in [3.8, 4) is 0 Å². The van der Waals surface area contributed by atoms with Crippen molar-refractivity contribution in [1.82, 2.24) is 4.98 Å². The zero-order valence-electron chi connectivity index (χ0n) is 9.74. The van der Waals surface area contributed by atoms with Crippen molar-refractivity contribution in [2.75, 3.05) is 5.32 Å². The van der Waals surface area contributed by atoms with Gasteiger partial charge in [-0.2, -0.15) is 0 Å². The highest BCUT2D eigenvalue weighted by molar-refractivity contribution is 7.11. The van der Waals surface area contributed by atoms with E-state index in [2.05, 4.69) is 10.3 Å².